The SMILES string of the molecule is NCC(O)C(O)c1ccc(OCC(F)(F)F)cc1. The molecule has 102 valence electrons. The van der Waals surface area contributed by atoms with Crippen LogP contribution in [0.15, 0.2) is 24.3 Å². The molecule has 0 saturated carbocycles. The summed E-state index contributed by atoms with van der Waals surface area (Å²) in [5.74, 6) is 0.0329. The van der Waals surface area contributed by atoms with Crippen molar-refractivity contribution in [3.05, 3.63) is 29.8 Å². The minimum Gasteiger partial charge on any atom is -0.484 e. The van der Waals surface area contributed by atoms with Crippen LogP contribution in [0.25, 0.3) is 0 Å². The highest BCUT2D eigenvalue weighted by atomic mass is 19.4. The standard InChI is InChI=1S/C11H14F3NO3/c12-11(13,14)6-18-8-3-1-7(2-4-8)10(17)9(16)5-15/h1-4,9-10,16-17H,5-6,15H2. The number of benzene rings is 1. The third kappa shape index (κ3) is 4.52. The molecule has 4 nitrogen and oxygen atoms in total. The molecule has 18 heavy (non-hydrogen) atoms. The summed E-state index contributed by atoms with van der Waals surface area (Å²) in [5, 5.41) is 18.9. The number of hydrogen-bond donors (Lipinski definition) is 3. The van der Waals surface area contributed by atoms with Crippen molar-refractivity contribution in [2.75, 3.05) is 13.2 Å². The Morgan fingerprint density at radius 2 is 1.72 bits per heavy atom. The molecule has 0 heterocycles. The molecule has 0 aliphatic carbocycles. The van der Waals surface area contributed by atoms with Gasteiger partial charge in [-0.1, -0.05) is 12.1 Å². The zero-order chi connectivity index (χ0) is 13.8. The van der Waals surface area contributed by atoms with Crippen LogP contribution in [0.1, 0.15) is 11.7 Å². The topological polar surface area (TPSA) is 75.7 Å². The van der Waals surface area contributed by atoms with Crippen molar-refractivity contribution in [3.8, 4) is 5.75 Å². The van der Waals surface area contributed by atoms with Crippen LogP contribution in [0.5, 0.6) is 5.75 Å². The third-order valence-electron chi connectivity index (χ3n) is 2.23. The van der Waals surface area contributed by atoms with Crippen LogP contribution in [-0.2, 0) is 0 Å². The number of nitrogens with two attached hydrogens (primary N) is 1. The van der Waals surface area contributed by atoms with Crippen molar-refractivity contribution in [1.82, 2.24) is 0 Å². The summed E-state index contributed by atoms with van der Waals surface area (Å²) in [6.45, 7) is -1.49. The van der Waals surface area contributed by atoms with Crippen LogP contribution < -0.4 is 10.5 Å². The Balaban J connectivity index is 2.63. The summed E-state index contributed by atoms with van der Waals surface area (Å²) in [7, 11) is 0. The van der Waals surface area contributed by atoms with E-state index < -0.39 is 25.0 Å². The summed E-state index contributed by atoms with van der Waals surface area (Å²) in [6, 6.07) is 5.31. The van der Waals surface area contributed by atoms with Crippen LogP contribution in [0, 0.1) is 0 Å². The van der Waals surface area contributed by atoms with E-state index in [0.29, 0.717) is 5.56 Å². The Kier molecular flexibility index (Phi) is 4.94. The maximum Gasteiger partial charge on any atom is 0.422 e. The molecular formula is C11H14F3NO3. The minimum absolute atomic E-state index is 0.0329. The van der Waals surface area contributed by atoms with Crippen molar-refractivity contribution in [3.63, 3.8) is 0 Å². The third-order valence-corrected chi connectivity index (χ3v) is 2.23. The van der Waals surface area contributed by atoms with E-state index in [0.717, 1.165) is 0 Å². The van der Waals surface area contributed by atoms with E-state index in [9.17, 15) is 23.4 Å². The first-order chi connectivity index (χ1) is 8.33. The maximum absolute atomic E-state index is 11.9. The van der Waals surface area contributed by atoms with Gasteiger partial charge in [0, 0.05) is 6.54 Å². The highest BCUT2D eigenvalue weighted by Gasteiger charge is 2.28. The Morgan fingerprint density at radius 1 is 1.17 bits per heavy atom. The molecule has 0 aliphatic rings. The van der Waals surface area contributed by atoms with Crippen molar-refractivity contribution in [2.24, 2.45) is 5.73 Å². The largest absolute Gasteiger partial charge is 0.484 e. The van der Waals surface area contributed by atoms with Crippen LogP contribution >= 0.6 is 0 Å². The predicted octanol–water partition coefficient (Wildman–Crippen LogP) is 0.981. The van der Waals surface area contributed by atoms with E-state index in [4.69, 9.17) is 5.73 Å². The Hall–Kier alpha value is -1.31. The zero-order valence-electron chi connectivity index (χ0n) is 9.39. The van der Waals surface area contributed by atoms with Gasteiger partial charge in [0.05, 0.1) is 6.10 Å². The molecule has 0 saturated heterocycles. The average Bonchev–Trinajstić information content (AvgIpc) is 2.34. The smallest absolute Gasteiger partial charge is 0.422 e. The molecular weight excluding hydrogens is 251 g/mol. The molecule has 0 aliphatic heterocycles. The molecule has 0 radical (unpaired) electrons. The Bertz CT molecular complexity index is 367. The molecule has 4 N–H and O–H groups in total. The van der Waals surface area contributed by atoms with Crippen molar-refractivity contribution in [1.29, 1.82) is 0 Å². The second-order valence-electron chi connectivity index (χ2n) is 3.72. The number of ether oxygens (including phenoxy) is 1. The van der Waals surface area contributed by atoms with Crippen molar-refractivity contribution < 1.29 is 28.1 Å². The molecule has 0 amide bonds. The normalized spacial score (nSPS) is 15.2. The lowest BCUT2D eigenvalue weighted by Gasteiger charge is -2.16. The molecule has 7 heteroatoms. The maximum atomic E-state index is 11.9. The number of rotatable bonds is 5. The molecule has 0 aromatic heterocycles. The number of aliphatic hydroxyl groups is 2. The quantitative estimate of drug-likeness (QED) is 0.742. The Labute approximate surface area is 102 Å². The molecule has 2 atom stereocenters. The van der Waals surface area contributed by atoms with E-state index in [1.165, 1.54) is 24.3 Å². The first kappa shape index (κ1) is 14.7. The average molecular weight is 265 g/mol. The highest BCUT2D eigenvalue weighted by Crippen LogP contribution is 2.22. The second-order valence-corrected chi connectivity index (χ2v) is 3.72. The van der Waals surface area contributed by atoms with Crippen molar-refractivity contribution in [2.45, 2.75) is 18.4 Å². The Morgan fingerprint density at radius 3 is 2.17 bits per heavy atom. The molecule has 1 aromatic carbocycles. The molecule has 1 aromatic rings. The molecule has 0 fully saturated rings. The monoisotopic (exact) mass is 265 g/mol. The van der Waals surface area contributed by atoms with Crippen LogP contribution in [-0.4, -0.2) is 35.6 Å². The van der Waals surface area contributed by atoms with E-state index in [2.05, 4.69) is 4.74 Å². The lowest BCUT2D eigenvalue weighted by Crippen LogP contribution is -2.27. The lowest BCUT2D eigenvalue weighted by atomic mass is 10.0. The number of halogens is 3. The summed E-state index contributed by atoms with van der Waals surface area (Å²) < 4.78 is 40.2. The van der Waals surface area contributed by atoms with E-state index in [1.54, 1.807) is 0 Å². The van der Waals surface area contributed by atoms with Gasteiger partial charge in [-0.3, -0.25) is 0 Å². The number of alkyl halides is 3. The second kappa shape index (κ2) is 6.03. The van der Waals surface area contributed by atoms with Gasteiger partial charge in [0.1, 0.15) is 11.9 Å². The summed E-state index contributed by atoms with van der Waals surface area (Å²) >= 11 is 0. The van der Waals surface area contributed by atoms with Gasteiger partial charge < -0.3 is 20.7 Å². The van der Waals surface area contributed by atoms with Gasteiger partial charge >= 0.3 is 6.18 Å². The predicted molar refractivity (Wildman–Crippen MR) is 58.0 cm³/mol. The van der Waals surface area contributed by atoms with Gasteiger partial charge in [0.25, 0.3) is 0 Å². The van der Waals surface area contributed by atoms with Crippen LogP contribution in [0.4, 0.5) is 13.2 Å². The molecule has 0 spiro atoms. The van der Waals surface area contributed by atoms with Gasteiger partial charge in [-0.15, -0.1) is 0 Å². The van der Waals surface area contributed by atoms with E-state index >= 15 is 0 Å². The summed E-state index contributed by atoms with van der Waals surface area (Å²) in [4.78, 5) is 0. The van der Waals surface area contributed by atoms with Crippen LogP contribution in [0.2, 0.25) is 0 Å². The van der Waals surface area contributed by atoms with E-state index in [1.807, 2.05) is 0 Å². The van der Waals surface area contributed by atoms with E-state index in [-0.39, 0.29) is 12.3 Å². The number of hydrogen-bond acceptors (Lipinski definition) is 4. The highest BCUT2D eigenvalue weighted by molar-refractivity contribution is 5.29. The number of aliphatic hydroxyl groups excluding tert-OH is 2. The van der Waals surface area contributed by atoms with Gasteiger partial charge in [0.2, 0.25) is 0 Å². The fraction of sp³-hybridized carbons (Fsp3) is 0.455. The minimum atomic E-state index is -4.39. The summed E-state index contributed by atoms with van der Waals surface area (Å²) in [6.07, 6.45) is -6.69. The summed E-state index contributed by atoms with van der Waals surface area (Å²) in [5.41, 5.74) is 5.53. The van der Waals surface area contributed by atoms with Gasteiger partial charge in [-0.25, -0.2) is 0 Å². The van der Waals surface area contributed by atoms with Crippen molar-refractivity contribution >= 4 is 0 Å². The van der Waals surface area contributed by atoms with Crippen LogP contribution in [0.3, 0.4) is 0 Å². The molecule has 0 bridgehead atoms. The fourth-order valence-corrected chi connectivity index (χ4v) is 1.28. The van der Waals surface area contributed by atoms with Gasteiger partial charge in [-0.2, -0.15) is 13.2 Å². The van der Waals surface area contributed by atoms with Gasteiger partial charge in [0.15, 0.2) is 6.61 Å². The fourth-order valence-electron chi connectivity index (χ4n) is 1.28. The first-order valence-electron chi connectivity index (χ1n) is 5.19. The molecule has 2 unspecified atom stereocenters. The van der Waals surface area contributed by atoms with Gasteiger partial charge in [-0.05, 0) is 17.7 Å². The first-order valence-corrected chi connectivity index (χ1v) is 5.19. The lowest BCUT2D eigenvalue weighted by molar-refractivity contribution is -0.153. The molecule has 1 rings (SSSR count). The zero-order valence-corrected chi connectivity index (χ0v) is 9.39.